The number of isothiocyanates is 1. The number of thiocarbonyl (C=S) groups is 1. The molecule has 0 saturated carbocycles. The van der Waals surface area contributed by atoms with Crippen molar-refractivity contribution >= 4 is 23.1 Å². The minimum Gasteiger partial charge on any atom is -0.206 e. The van der Waals surface area contributed by atoms with Crippen molar-refractivity contribution in [1.82, 2.24) is 0 Å². The predicted octanol–water partition coefficient (Wildman–Crippen LogP) is 6.86. The first-order valence-electron chi connectivity index (χ1n) is 8.99. The van der Waals surface area contributed by atoms with Gasteiger partial charge in [0.15, 0.2) is 0 Å². The van der Waals surface area contributed by atoms with Gasteiger partial charge in [-0.3, -0.25) is 0 Å². The molecule has 0 unspecified atom stereocenters. The van der Waals surface area contributed by atoms with E-state index in [1.807, 2.05) is 13.0 Å². The molecule has 0 aliphatic carbocycles. The smallest absolute Gasteiger partial charge is 0.150 e. The van der Waals surface area contributed by atoms with Gasteiger partial charge in [-0.05, 0) is 66.2 Å². The first-order valence-corrected chi connectivity index (χ1v) is 9.40. The van der Waals surface area contributed by atoms with Crippen LogP contribution in [0.15, 0.2) is 59.6 Å². The molecular formula is C24H16F3NS. The maximum atomic E-state index is 14.5. The number of aliphatic imine (C=N–C) groups is 1. The number of aryl methyl sites for hydroxylation is 1. The Morgan fingerprint density at radius 3 is 2.34 bits per heavy atom. The van der Waals surface area contributed by atoms with E-state index in [0.717, 1.165) is 18.4 Å². The van der Waals surface area contributed by atoms with Crippen molar-refractivity contribution in [1.29, 1.82) is 0 Å². The van der Waals surface area contributed by atoms with Crippen LogP contribution in [-0.2, 0) is 6.42 Å². The van der Waals surface area contributed by atoms with E-state index < -0.39 is 17.5 Å². The molecule has 0 amide bonds. The first kappa shape index (κ1) is 20.5. The normalized spacial score (nSPS) is 10.1. The lowest BCUT2D eigenvalue weighted by molar-refractivity contribution is 0.621. The first-order chi connectivity index (χ1) is 14.0. The lowest BCUT2D eigenvalue weighted by Gasteiger charge is -2.05. The van der Waals surface area contributed by atoms with Gasteiger partial charge in [0.2, 0.25) is 0 Å². The van der Waals surface area contributed by atoms with Crippen LogP contribution in [0.1, 0.15) is 30.0 Å². The molecule has 0 heterocycles. The van der Waals surface area contributed by atoms with Gasteiger partial charge in [-0.15, -0.1) is 0 Å². The van der Waals surface area contributed by atoms with E-state index in [-0.39, 0.29) is 16.8 Å². The molecule has 3 aromatic rings. The highest BCUT2D eigenvalue weighted by Crippen LogP contribution is 2.28. The van der Waals surface area contributed by atoms with Gasteiger partial charge in [0.25, 0.3) is 0 Å². The van der Waals surface area contributed by atoms with Crippen molar-refractivity contribution in [3.05, 3.63) is 88.7 Å². The number of benzene rings is 3. The topological polar surface area (TPSA) is 12.4 Å². The zero-order chi connectivity index (χ0) is 20.8. The number of hydrogen-bond acceptors (Lipinski definition) is 2. The third-order valence-electron chi connectivity index (χ3n) is 4.31. The number of nitrogens with zero attached hydrogens (tertiary/aromatic N) is 1. The lowest BCUT2D eigenvalue weighted by Crippen LogP contribution is -1.90. The Morgan fingerprint density at radius 1 is 0.862 bits per heavy atom. The van der Waals surface area contributed by atoms with Crippen molar-refractivity contribution in [2.45, 2.75) is 19.8 Å². The van der Waals surface area contributed by atoms with E-state index in [1.54, 1.807) is 18.2 Å². The Balaban J connectivity index is 1.87. The average molecular weight is 407 g/mol. The van der Waals surface area contributed by atoms with Gasteiger partial charge >= 0.3 is 0 Å². The molecule has 0 atom stereocenters. The maximum absolute atomic E-state index is 14.5. The van der Waals surface area contributed by atoms with Crippen molar-refractivity contribution in [3.63, 3.8) is 0 Å². The van der Waals surface area contributed by atoms with Gasteiger partial charge in [0, 0.05) is 11.1 Å². The number of rotatable bonds is 4. The fourth-order valence-corrected chi connectivity index (χ4v) is 2.98. The van der Waals surface area contributed by atoms with Gasteiger partial charge in [-0.1, -0.05) is 43.4 Å². The average Bonchev–Trinajstić information content (AvgIpc) is 2.69. The van der Waals surface area contributed by atoms with Gasteiger partial charge in [0.1, 0.15) is 23.1 Å². The van der Waals surface area contributed by atoms with Gasteiger partial charge in [-0.2, -0.15) is 4.99 Å². The monoisotopic (exact) mass is 407 g/mol. The van der Waals surface area contributed by atoms with E-state index in [0.29, 0.717) is 11.1 Å². The minimum atomic E-state index is -0.620. The fraction of sp³-hybridized carbons (Fsp3) is 0.125. The summed E-state index contributed by atoms with van der Waals surface area (Å²) >= 11 is 4.46. The van der Waals surface area contributed by atoms with Crippen LogP contribution in [0, 0.1) is 29.3 Å². The lowest BCUT2D eigenvalue weighted by atomic mass is 10.0. The summed E-state index contributed by atoms with van der Waals surface area (Å²) < 4.78 is 42.7. The molecule has 0 fully saturated rings. The Labute approximate surface area is 172 Å². The summed E-state index contributed by atoms with van der Waals surface area (Å²) in [6, 6.07) is 13.4. The molecule has 3 rings (SSSR count). The molecule has 0 spiro atoms. The van der Waals surface area contributed by atoms with Crippen molar-refractivity contribution in [2.24, 2.45) is 4.99 Å². The second-order valence-electron chi connectivity index (χ2n) is 6.38. The van der Waals surface area contributed by atoms with Crippen LogP contribution in [0.25, 0.3) is 11.1 Å². The van der Waals surface area contributed by atoms with E-state index in [4.69, 9.17) is 0 Å². The van der Waals surface area contributed by atoms with Crippen LogP contribution >= 0.6 is 12.2 Å². The van der Waals surface area contributed by atoms with Crippen LogP contribution < -0.4 is 0 Å². The Hall–Kier alpha value is -3.19. The number of hydrogen-bond donors (Lipinski definition) is 0. The van der Waals surface area contributed by atoms with Crippen LogP contribution in [0.4, 0.5) is 18.9 Å². The van der Waals surface area contributed by atoms with Crippen LogP contribution in [-0.4, -0.2) is 5.16 Å². The summed E-state index contributed by atoms with van der Waals surface area (Å²) in [6.45, 7) is 2.03. The van der Waals surface area contributed by atoms with Gasteiger partial charge in [-0.25, -0.2) is 13.2 Å². The summed E-state index contributed by atoms with van der Waals surface area (Å²) in [6.07, 6.45) is 1.74. The van der Waals surface area contributed by atoms with Crippen LogP contribution in [0.2, 0.25) is 0 Å². The molecule has 1 nitrogen and oxygen atoms in total. The molecule has 0 saturated heterocycles. The van der Waals surface area contributed by atoms with Crippen molar-refractivity contribution in [3.8, 4) is 23.0 Å². The predicted molar refractivity (Wildman–Crippen MR) is 113 cm³/mol. The van der Waals surface area contributed by atoms with Crippen molar-refractivity contribution < 1.29 is 13.2 Å². The van der Waals surface area contributed by atoms with E-state index in [1.165, 1.54) is 30.3 Å². The molecule has 0 aromatic heterocycles. The summed E-state index contributed by atoms with van der Waals surface area (Å²) in [7, 11) is 0. The quantitative estimate of drug-likeness (QED) is 0.261. The summed E-state index contributed by atoms with van der Waals surface area (Å²) in [4.78, 5) is 3.60. The highest BCUT2D eigenvalue weighted by Gasteiger charge is 2.09. The molecule has 29 heavy (non-hydrogen) atoms. The maximum Gasteiger partial charge on any atom is 0.150 e. The highest BCUT2D eigenvalue weighted by molar-refractivity contribution is 7.78. The Kier molecular flexibility index (Phi) is 6.61. The molecule has 0 aliphatic rings. The van der Waals surface area contributed by atoms with Gasteiger partial charge in [0.05, 0.1) is 10.7 Å². The second-order valence-corrected chi connectivity index (χ2v) is 6.56. The standard InChI is InChI=1S/C24H16F3NS/c1-2-3-16-4-7-18(21(25)12-16)8-5-17-6-10-20(22(26)13-17)19-9-11-24(28-15-29)23(27)14-19/h4,6-7,9-14H,2-3H2,1H3. The Morgan fingerprint density at radius 2 is 1.69 bits per heavy atom. The fourth-order valence-electron chi connectivity index (χ4n) is 2.88. The largest absolute Gasteiger partial charge is 0.206 e. The molecule has 0 aliphatic heterocycles. The van der Waals surface area contributed by atoms with E-state index >= 15 is 0 Å². The van der Waals surface area contributed by atoms with Crippen LogP contribution in [0.5, 0.6) is 0 Å². The Bertz CT molecular complexity index is 1170. The minimum absolute atomic E-state index is 0.0404. The second kappa shape index (κ2) is 9.34. The molecule has 0 bridgehead atoms. The van der Waals surface area contributed by atoms with Crippen molar-refractivity contribution in [2.75, 3.05) is 0 Å². The molecule has 5 heteroatoms. The zero-order valence-corrected chi connectivity index (χ0v) is 16.4. The SMILES string of the molecule is CCCc1ccc(C#Cc2ccc(-c3ccc(N=C=S)c(F)c3)c(F)c2)c(F)c1. The summed E-state index contributed by atoms with van der Waals surface area (Å²) in [5.41, 5.74) is 2.19. The third kappa shape index (κ3) is 5.00. The van der Waals surface area contributed by atoms with Crippen LogP contribution in [0.3, 0.4) is 0 Å². The zero-order valence-electron chi connectivity index (χ0n) is 15.6. The van der Waals surface area contributed by atoms with Gasteiger partial charge < -0.3 is 0 Å². The third-order valence-corrected chi connectivity index (χ3v) is 4.40. The molecule has 3 aromatic carbocycles. The molecular weight excluding hydrogens is 391 g/mol. The molecule has 0 radical (unpaired) electrons. The molecule has 144 valence electrons. The van der Waals surface area contributed by atoms with E-state index in [9.17, 15) is 13.2 Å². The summed E-state index contributed by atoms with van der Waals surface area (Å²) in [5.74, 6) is 3.94. The molecule has 0 N–H and O–H groups in total. The number of halogens is 3. The van der Waals surface area contributed by atoms with E-state index in [2.05, 4.69) is 34.2 Å². The summed E-state index contributed by atoms with van der Waals surface area (Å²) in [5, 5.41) is 2.10. The highest BCUT2D eigenvalue weighted by atomic mass is 32.1.